The molecule has 0 radical (unpaired) electrons. The van der Waals surface area contributed by atoms with Crippen molar-refractivity contribution in [2.75, 3.05) is 20.2 Å². The van der Waals surface area contributed by atoms with Gasteiger partial charge in [-0.25, -0.2) is 0 Å². The third-order valence-corrected chi connectivity index (χ3v) is 3.63. The highest BCUT2D eigenvalue weighted by Crippen LogP contribution is 2.27. The highest BCUT2D eigenvalue weighted by Gasteiger charge is 2.31. The van der Waals surface area contributed by atoms with Gasteiger partial charge in [-0.2, -0.15) is 0 Å². The van der Waals surface area contributed by atoms with E-state index in [2.05, 4.69) is 22.4 Å². The summed E-state index contributed by atoms with van der Waals surface area (Å²) in [5.41, 5.74) is 1.06. The van der Waals surface area contributed by atoms with Crippen LogP contribution in [-0.2, 0) is 4.74 Å². The first-order valence-corrected chi connectivity index (χ1v) is 7.46. The van der Waals surface area contributed by atoms with Crippen molar-refractivity contribution in [1.82, 2.24) is 5.32 Å². The summed E-state index contributed by atoms with van der Waals surface area (Å²) in [5.74, 6) is 1.67. The minimum atomic E-state index is -0.259. The Kier molecular flexibility index (Phi) is 4.71. The van der Waals surface area contributed by atoms with Gasteiger partial charge in [-0.1, -0.05) is 48.5 Å². The SMILES string of the molecule is CO[C@@H](C1=NCCN1)[C@@H](Oc1ccccc1)c1ccccc1. The van der Waals surface area contributed by atoms with Crippen molar-refractivity contribution in [3.8, 4) is 5.75 Å². The third-order valence-electron chi connectivity index (χ3n) is 3.63. The molecule has 4 heteroatoms. The van der Waals surface area contributed by atoms with Crippen molar-refractivity contribution in [2.45, 2.75) is 12.2 Å². The number of hydrogen-bond acceptors (Lipinski definition) is 4. The Morgan fingerprint density at radius 1 is 0.955 bits per heavy atom. The van der Waals surface area contributed by atoms with E-state index in [4.69, 9.17) is 9.47 Å². The molecule has 1 aliphatic rings. The van der Waals surface area contributed by atoms with Crippen LogP contribution in [0.4, 0.5) is 0 Å². The Hall–Kier alpha value is -2.33. The van der Waals surface area contributed by atoms with Crippen molar-refractivity contribution < 1.29 is 9.47 Å². The first-order chi connectivity index (χ1) is 10.9. The van der Waals surface area contributed by atoms with Crippen molar-refractivity contribution in [1.29, 1.82) is 0 Å². The number of hydrogen-bond donors (Lipinski definition) is 1. The van der Waals surface area contributed by atoms with Gasteiger partial charge in [-0.3, -0.25) is 4.99 Å². The lowest BCUT2D eigenvalue weighted by Gasteiger charge is -2.27. The van der Waals surface area contributed by atoms with Crippen LogP contribution < -0.4 is 10.1 Å². The number of nitrogens with one attached hydrogen (secondary N) is 1. The maximum Gasteiger partial charge on any atom is 0.157 e. The fourth-order valence-electron chi connectivity index (χ4n) is 2.58. The normalized spacial score (nSPS) is 16.5. The first-order valence-electron chi connectivity index (χ1n) is 7.46. The van der Waals surface area contributed by atoms with Gasteiger partial charge in [-0.05, 0) is 17.7 Å². The van der Waals surface area contributed by atoms with Crippen LogP contribution in [0.3, 0.4) is 0 Å². The smallest absolute Gasteiger partial charge is 0.157 e. The molecule has 4 nitrogen and oxygen atoms in total. The molecule has 0 aromatic heterocycles. The predicted molar refractivity (Wildman–Crippen MR) is 87.4 cm³/mol. The second-order valence-corrected chi connectivity index (χ2v) is 5.11. The molecule has 0 spiro atoms. The van der Waals surface area contributed by atoms with Gasteiger partial charge in [0.15, 0.2) is 12.2 Å². The molecule has 0 unspecified atom stereocenters. The molecule has 0 aliphatic carbocycles. The summed E-state index contributed by atoms with van der Waals surface area (Å²) in [6.45, 7) is 1.63. The molecule has 2 aromatic rings. The van der Waals surface area contributed by atoms with Gasteiger partial charge in [-0.15, -0.1) is 0 Å². The number of amidine groups is 1. The Balaban J connectivity index is 1.91. The van der Waals surface area contributed by atoms with Gasteiger partial charge in [0.2, 0.25) is 0 Å². The molecular formula is C18H20N2O2. The maximum absolute atomic E-state index is 6.22. The number of para-hydroxylation sites is 1. The van der Waals surface area contributed by atoms with Crippen LogP contribution in [0.25, 0.3) is 0 Å². The van der Waals surface area contributed by atoms with Crippen LogP contribution in [0.15, 0.2) is 65.7 Å². The standard InChI is InChI=1S/C18H20N2O2/c1-21-17(18-19-12-13-20-18)16(14-8-4-2-5-9-14)22-15-10-6-3-7-11-15/h2-11,16-17H,12-13H2,1H3,(H,19,20)/t16-,17+/m0/s1. The van der Waals surface area contributed by atoms with E-state index in [9.17, 15) is 0 Å². The summed E-state index contributed by atoms with van der Waals surface area (Å²) in [6, 6.07) is 19.9. The molecule has 1 heterocycles. The third kappa shape index (κ3) is 3.28. The molecule has 114 valence electrons. The number of rotatable bonds is 6. The molecule has 1 N–H and O–H groups in total. The second-order valence-electron chi connectivity index (χ2n) is 5.11. The number of benzene rings is 2. The largest absolute Gasteiger partial charge is 0.483 e. The lowest BCUT2D eigenvalue weighted by atomic mass is 10.0. The Morgan fingerprint density at radius 3 is 2.23 bits per heavy atom. The number of nitrogens with zero attached hydrogens (tertiary/aromatic N) is 1. The van der Waals surface area contributed by atoms with Crippen molar-refractivity contribution in [2.24, 2.45) is 4.99 Å². The molecule has 3 rings (SSSR count). The molecule has 1 aliphatic heterocycles. The van der Waals surface area contributed by atoms with Gasteiger partial charge in [0.1, 0.15) is 11.6 Å². The Morgan fingerprint density at radius 2 is 1.64 bits per heavy atom. The quantitative estimate of drug-likeness (QED) is 0.891. The van der Waals surface area contributed by atoms with E-state index in [1.807, 2.05) is 48.5 Å². The van der Waals surface area contributed by atoms with Crippen molar-refractivity contribution in [3.05, 3.63) is 66.2 Å². The molecule has 22 heavy (non-hydrogen) atoms. The monoisotopic (exact) mass is 296 g/mol. The zero-order valence-electron chi connectivity index (χ0n) is 12.6. The zero-order valence-corrected chi connectivity index (χ0v) is 12.6. The van der Waals surface area contributed by atoms with Crippen LogP contribution in [0.1, 0.15) is 11.7 Å². The molecule has 2 atom stereocenters. The van der Waals surface area contributed by atoms with Crippen LogP contribution in [-0.4, -0.2) is 32.1 Å². The summed E-state index contributed by atoms with van der Waals surface area (Å²) < 4.78 is 11.9. The fourth-order valence-corrected chi connectivity index (χ4v) is 2.58. The molecule has 0 fully saturated rings. The van der Waals surface area contributed by atoms with Crippen LogP contribution in [0, 0.1) is 0 Å². The summed E-state index contributed by atoms with van der Waals surface area (Å²) >= 11 is 0. The van der Waals surface area contributed by atoms with Gasteiger partial charge in [0.25, 0.3) is 0 Å². The van der Waals surface area contributed by atoms with E-state index in [-0.39, 0.29) is 12.2 Å². The lowest BCUT2D eigenvalue weighted by Crippen LogP contribution is -2.39. The molecule has 0 amide bonds. The second kappa shape index (κ2) is 7.09. The molecule has 2 aromatic carbocycles. The summed E-state index contributed by atoms with van der Waals surface area (Å²) in [4.78, 5) is 4.50. The topological polar surface area (TPSA) is 42.8 Å². The molecule has 0 saturated carbocycles. The predicted octanol–water partition coefficient (Wildman–Crippen LogP) is 2.82. The average molecular weight is 296 g/mol. The first kappa shape index (κ1) is 14.6. The number of ether oxygens (including phenoxy) is 2. The van der Waals surface area contributed by atoms with Crippen LogP contribution in [0.2, 0.25) is 0 Å². The van der Waals surface area contributed by atoms with Gasteiger partial charge in [0, 0.05) is 13.7 Å². The number of methoxy groups -OCH3 is 1. The summed E-state index contributed by atoms with van der Waals surface area (Å²) in [7, 11) is 1.69. The van der Waals surface area contributed by atoms with E-state index in [1.165, 1.54) is 0 Å². The summed E-state index contributed by atoms with van der Waals surface area (Å²) in [6.07, 6.45) is -0.511. The molecule has 0 bridgehead atoms. The van der Waals surface area contributed by atoms with Crippen molar-refractivity contribution in [3.63, 3.8) is 0 Å². The van der Waals surface area contributed by atoms with E-state index < -0.39 is 0 Å². The van der Waals surface area contributed by atoms with Gasteiger partial charge < -0.3 is 14.8 Å². The maximum atomic E-state index is 6.22. The molecular weight excluding hydrogens is 276 g/mol. The van der Waals surface area contributed by atoms with Crippen LogP contribution in [0.5, 0.6) is 5.75 Å². The van der Waals surface area contributed by atoms with Crippen LogP contribution >= 0.6 is 0 Å². The highest BCUT2D eigenvalue weighted by atomic mass is 16.5. The van der Waals surface area contributed by atoms with E-state index in [0.29, 0.717) is 0 Å². The number of aliphatic imine (C=N–C) groups is 1. The zero-order chi connectivity index (χ0) is 15.2. The Bertz CT molecular complexity index is 613. The molecule has 0 saturated heterocycles. The summed E-state index contributed by atoms with van der Waals surface area (Å²) in [5, 5.41) is 3.29. The van der Waals surface area contributed by atoms with Crippen molar-refractivity contribution >= 4 is 5.84 Å². The Labute approximate surface area is 130 Å². The van der Waals surface area contributed by atoms with Gasteiger partial charge in [0.05, 0.1) is 6.54 Å². The minimum Gasteiger partial charge on any atom is -0.483 e. The van der Waals surface area contributed by atoms with E-state index in [0.717, 1.165) is 30.2 Å². The minimum absolute atomic E-state index is 0.252. The average Bonchev–Trinajstić information content (AvgIpc) is 3.11. The fraction of sp³-hybridized carbons (Fsp3) is 0.278. The highest BCUT2D eigenvalue weighted by molar-refractivity contribution is 5.88. The van der Waals surface area contributed by atoms with Gasteiger partial charge >= 0.3 is 0 Å². The lowest BCUT2D eigenvalue weighted by molar-refractivity contribution is 0.0414. The van der Waals surface area contributed by atoms with E-state index >= 15 is 0 Å². The van der Waals surface area contributed by atoms with E-state index in [1.54, 1.807) is 7.11 Å².